The number of carbonyl (C=O) groups excluding carboxylic acids is 3. The highest BCUT2D eigenvalue weighted by Crippen LogP contribution is 2.45. The maximum absolute atomic E-state index is 13.8. The summed E-state index contributed by atoms with van der Waals surface area (Å²) in [7, 11) is 1.88. The lowest BCUT2D eigenvalue weighted by Crippen LogP contribution is -2.53. The number of Topliss-reactive ketones (excluding diaryl/α,β-unsaturated/α-hetero) is 1. The molecule has 0 aliphatic carbocycles. The number of rotatable bonds is 1. The fourth-order valence-corrected chi connectivity index (χ4v) is 4.85. The van der Waals surface area contributed by atoms with Gasteiger partial charge in [-0.25, -0.2) is 4.39 Å². The Labute approximate surface area is 169 Å². The molecule has 0 N–H and O–H groups in total. The van der Waals surface area contributed by atoms with Crippen molar-refractivity contribution in [2.45, 2.75) is 13.3 Å². The molecular formula is C21H26FN3O4. The fraction of sp³-hybridized carbons (Fsp3) is 0.571. The van der Waals surface area contributed by atoms with E-state index in [-0.39, 0.29) is 29.8 Å². The second kappa shape index (κ2) is 7.40. The summed E-state index contributed by atoms with van der Waals surface area (Å²) in [6.07, 6.45) is 0.708. The van der Waals surface area contributed by atoms with Gasteiger partial charge in [0.25, 0.3) is 0 Å². The maximum atomic E-state index is 13.8. The molecule has 2 atom stereocenters. The number of nitrogens with zero attached hydrogens (tertiary/aromatic N) is 3. The first kappa shape index (κ1) is 19.8. The van der Waals surface area contributed by atoms with Gasteiger partial charge in [0.2, 0.25) is 11.8 Å². The lowest BCUT2D eigenvalue weighted by atomic mass is 9.71. The third kappa shape index (κ3) is 3.39. The van der Waals surface area contributed by atoms with E-state index >= 15 is 0 Å². The molecule has 3 heterocycles. The standard InChI is InChI=1S/C21H26FN3O4/c1-14(26)24-6-3-7-25(9-8-24)20(28)17-11-23(2)12-21(17)13-29-18-5-4-15(22)10-16(18)19(21)27/h4-5,10,17H,3,6-9,11-13H2,1-2H3/t17-,21-/m0/s1. The number of likely N-dealkylation sites (tertiary alicyclic amines) is 1. The van der Waals surface area contributed by atoms with Gasteiger partial charge in [-0.3, -0.25) is 14.4 Å². The molecule has 3 aliphatic rings. The Hall–Kier alpha value is -2.48. The maximum Gasteiger partial charge on any atom is 0.228 e. The molecule has 3 aliphatic heterocycles. The Bertz CT molecular complexity index is 860. The minimum atomic E-state index is -1.01. The number of fused-ring (bicyclic) bond motifs is 1. The SMILES string of the molecule is CC(=O)N1CCCN(C(=O)[C@@H]2CN(C)C[C@]23COc2ccc(F)cc2C3=O)CC1. The molecule has 2 saturated heterocycles. The highest BCUT2D eigenvalue weighted by molar-refractivity contribution is 6.06. The Morgan fingerprint density at radius 1 is 1.17 bits per heavy atom. The van der Waals surface area contributed by atoms with E-state index in [0.717, 1.165) is 0 Å². The number of ketones is 1. The van der Waals surface area contributed by atoms with Gasteiger partial charge in [0.05, 0.1) is 16.9 Å². The van der Waals surface area contributed by atoms with E-state index in [9.17, 15) is 18.8 Å². The van der Waals surface area contributed by atoms with Crippen LogP contribution >= 0.6 is 0 Å². The van der Waals surface area contributed by atoms with Gasteiger partial charge in [-0.15, -0.1) is 0 Å². The van der Waals surface area contributed by atoms with Gasteiger partial charge in [-0.2, -0.15) is 0 Å². The number of halogens is 1. The molecule has 2 fully saturated rings. The van der Waals surface area contributed by atoms with Gasteiger partial charge in [0, 0.05) is 46.2 Å². The predicted molar refractivity (Wildman–Crippen MR) is 103 cm³/mol. The molecule has 0 bridgehead atoms. The van der Waals surface area contributed by atoms with Crippen molar-refractivity contribution in [1.29, 1.82) is 0 Å². The van der Waals surface area contributed by atoms with Crippen LogP contribution in [-0.4, -0.2) is 85.2 Å². The first-order valence-corrected chi connectivity index (χ1v) is 10.0. The number of hydrogen-bond donors (Lipinski definition) is 0. The molecule has 0 saturated carbocycles. The van der Waals surface area contributed by atoms with E-state index in [1.54, 1.807) is 9.80 Å². The second-order valence-electron chi connectivity index (χ2n) is 8.35. The van der Waals surface area contributed by atoms with Crippen molar-refractivity contribution < 1.29 is 23.5 Å². The topological polar surface area (TPSA) is 70.2 Å². The Kier molecular flexibility index (Phi) is 5.06. The summed E-state index contributed by atoms with van der Waals surface area (Å²) in [4.78, 5) is 44.1. The molecular weight excluding hydrogens is 377 g/mol. The third-order valence-corrected chi connectivity index (χ3v) is 6.39. The van der Waals surface area contributed by atoms with Crippen LogP contribution < -0.4 is 4.74 Å². The number of benzene rings is 1. The Balaban J connectivity index is 1.61. The summed E-state index contributed by atoms with van der Waals surface area (Å²) >= 11 is 0. The number of hydrogen-bond acceptors (Lipinski definition) is 5. The normalized spacial score (nSPS) is 27.6. The molecule has 1 aromatic carbocycles. The van der Waals surface area contributed by atoms with Crippen LogP contribution in [0, 0.1) is 17.2 Å². The molecule has 0 radical (unpaired) electrons. The van der Waals surface area contributed by atoms with Crippen LogP contribution in [0.3, 0.4) is 0 Å². The summed E-state index contributed by atoms with van der Waals surface area (Å²) in [6, 6.07) is 3.94. The lowest BCUT2D eigenvalue weighted by molar-refractivity contribution is -0.138. The van der Waals surface area contributed by atoms with Crippen molar-refractivity contribution >= 4 is 17.6 Å². The van der Waals surface area contributed by atoms with Crippen molar-refractivity contribution in [1.82, 2.24) is 14.7 Å². The Morgan fingerprint density at radius 2 is 1.90 bits per heavy atom. The average molecular weight is 403 g/mol. The number of amides is 2. The number of carbonyl (C=O) groups is 3. The quantitative estimate of drug-likeness (QED) is 0.701. The van der Waals surface area contributed by atoms with E-state index in [1.807, 2.05) is 11.9 Å². The zero-order valence-electron chi connectivity index (χ0n) is 16.8. The molecule has 156 valence electrons. The molecule has 4 rings (SSSR count). The van der Waals surface area contributed by atoms with Gasteiger partial charge >= 0.3 is 0 Å². The van der Waals surface area contributed by atoms with Crippen LogP contribution in [0.4, 0.5) is 4.39 Å². The molecule has 29 heavy (non-hydrogen) atoms. The molecule has 7 nitrogen and oxygen atoms in total. The lowest BCUT2D eigenvalue weighted by Gasteiger charge is -2.38. The molecule has 2 amide bonds. The smallest absolute Gasteiger partial charge is 0.228 e. The van der Waals surface area contributed by atoms with Crippen LogP contribution in [0.15, 0.2) is 18.2 Å². The molecule has 1 aromatic rings. The average Bonchev–Trinajstić information content (AvgIpc) is 2.86. The largest absolute Gasteiger partial charge is 0.492 e. The zero-order valence-corrected chi connectivity index (χ0v) is 16.8. The van der Waals surface area contributed by atoms with Crippen LogP contribution in [0.25, 0.3) is 0 Å². The summed E-state index contributed by atoms with van der Waals surface area (Å²) in [5.41, 5.74) is -0.804. The number of ether oxygens (including phenoxy) is 1. The first-order chi connectivity index (χ1) is 13.8. The summed E-state index contributed by atoms with van der Waals surface area (Å²) in [5, 5.41) is 0. The van der Waals surface area contributed by atoms with Crippen molar-refractivity contribution in [2.24, 2.45) is 11.3 Å². The molecule has 1 spiro atoms. The van der Waals surface area contributed by atoms with Gasteiger partial charge in [-0.05, 0) is 31.7 Å². The third-order valence-electron chi connectivity index (χ3n) is 6.39. The van der Waals surface area contributed by atoms with Gasteiger partial charge in [-0.1, -0.05) is 0 Å². The predicted octanol–water partition coefficient (Wildman–Crippen LogP) is 1.03. The summed E-state index contributed by atoms with van der Waals surface area (Å²) in [6.45, 7) is 4.62. The minimum Gasteiger partial charge on any atom is -0.492 e. The van der Waals surface area contributed by atoms with E-state index in [4.69, 9.17) is 4.74 Å². The van der Waals surface area contributed by atoms with Crippen LogP contribution in [-0.2, 0) is 9.59 Å². The van der Waals surface area contributed by atoms with Crippen molar-refractivity contribution in [3.8, 4) is 5.75 Å². The van der Waals surface area contributed by atoms with E-state index in [0.29, 0.717) is 51.4 Å². The van der Waals surface area contributed by atoms with Crippen molar-refractivity contribution in [3.05, 3.63) is 29.6 Å². The fourth-order valence-electron chi connectivity index (χ4n) is 4.85. The highest BCUT2D eigenvalue weighted by Gasteiger charge is 2.58. The van der Waals surface area contributed by atoms with Crippen molar-refractivity contribution in [2.75, 3.05) is 52.9 Å². The van der Waals surface area contributed by atoms with E-state index < -0.39 is 17.2 Å². The Morgan fingerprint density at radius 3 is 2.66 bits per heavy atom. The minimum absolute atomic E-state index is 0.00543. The van der Waals surface area contributed by atoms with Gasteiger partial charge in [0.1, 0.15) is 18.2 Å². The van der Waals surface area contributed by atoms with Crippen LogP contribution in [0.1, 0.15) is 23.7 Å². The first-order valence-electron chi connectivity index (χ1n) is 10.0. The summed E-state index contributed by atoms with van der Waals surface area (Å²) < 4.78 is 19.6. The van der Waals surface area contributed by atoms with E-state index in [2.05, 4.69) is 0 Å². The molecule has 0 unspecified atom stereocenters. The monoisotopic (exact) mass is 403 g/mol. The van der Waals surface area contributed by atoms with Crippen LogP contribution in [0.2, 0.25) is 0 Å². The summed E-state index contributed by atoms with van der Waals surface area (Å²) in [5.74, 6) is -0.984. The van der Waals surface area contributed by atoms with Gasteiger partial charge in [0.15, 0.2) is 5.78 Å². The highest BCUT2D eigenvalue weighted by atomic mass is 19.1. The van der Waals surface area contributed by atoms with Crippen LogP contribution in [0.5, 0.6) is 5.75 Å². The second-order valence-corrected chi connectivity index (χ2v) is 8.35. The van der Waals surface area contributed by atoms with Crippen molar-refractivity contribution in [3.63, 3.8) is 0 Å². The molecule has 8 heteroatoms. The van der Waals surface area contributed by atoms with E-state index in [1.165, 1.54) is 25.1 Å². The van der Waals surface area contributed by atoms with Gasteiger partial charge < -0.3 is 19.4 Å². The molecule has 0 aromatic heterocycles. The zero-order chi connectivity index (χ0) is 20.8.